The smallest absolute Gasteiger partial charge is 0.158 e. The number of nitrogens with two attached hydrogens (primary N) is 1. The van der Waals surface area contributed by atoms with E-state index in [2.05, 4.69) is 35.5 Å². The number of anilines is 2. The van der Waals surface area contributed by atoms with E-state index in [4.69, 9.17) is 15.7 Å². The summed E-state index contributed by atoms with van der Waals surface area (Å²) in [5.74, 6) is 1.66. The molecule has 10 heteroatoms. The lowest BCUT2D eigenvalue weighted by atomic mass is 10.1. The van der Waals surface area contributed by atoms with Gasteiger partial charge in [-0.1, -0.05) is 0 Å². The Morgan fingerprint density at radius 3 is 2.84 bits per heavy atom. The number of ether oxygens (including phenoxy) is 1. The molecule has 154 valence electrons. The van der Waals surface area contributed by atoms with E-state index in [1.807, 2.05) is 24.3 Å². The number of aromatic amines is 1. The third-order valence-electron chi connectivity index (χ3n) is 5.18. The lowest BCUT2D eigenvalue weighted by Gasteiger charge is -2.17. The van der Waals surface area contributed by atoms with Crippen LogP contribution in [0.3, 0.4) is 0 Å². The Labute approximate surface area is 177 Å². The normalized spacial score (nSPS) is 18.1. The minimum atomic E-state index is 0.0474. The minimum Gasteiger partial charge on any atom is -0.488 e. The quantitative estimate of drug-likeness (QED) is 0.448. The summed E-state index contributed by atoms with van der Waals surface area (Å²) in [6, 6.07) is 7.70. The standard InChI is InChI=1S/C21H19N9O/c22-8-13-9-27-19(11-25-13)28-18-7-16(29-30-18)20-17(31-14-4-3-12(23)6-14)10-26-15-2-1-5-24-21(15)20/h1-2,5,7,9-12,14H,3-4,6,23H2,(H2,27,28,29,30)/t12-,14-/m1/s1. The SMILES string of the molecule is N#Cc1cnc(Nc2cc(-c3c(O[C@@H]4CC[C@@H](N)C4)cnc4cccnc34)[nH]n2)cn1. The van der Waals surface area contributed by atoms with Gasteiger partial charge in [-0.25, -0.2) is 9.97 Å². The maximum atomic E-state index is 8.86. The first-order valence-electron chi connectivity index (χ1n) is 9.90. The largest absolute Gasteiger partial charge is 0.488 e. The summed E-state index contributed by atoms with van der Waals surface area (Å²) in [4.78, 5) is 17.2. The Kier molecular flexibility index (Phi) is 4.86. The minimum absolute atomic E-state index is 0.0474. The Morgan fingerprint density at radius 2 is 2.06 bits per heavy atom. The van der Waals surface area contributed by atoms with Crippen molar-refractivity contribution in [3.63, 3.8) is 0 Å². The fourth-order valence-electron chi connectivity index (χ4n) is 3.71. The first-order chi connectivity index (χ1) is 15.2. The highest BCUT2D eigenvalue weighted by Gasteiger charge is 2.25. The zero-order valence-corrected chi connectivity index (χ0v) is 16.5. The number of nitrogens with one attached hydrogen (secondary N) is 2. The highest BCUT2D eigenvalue weighted by atomic mass is 16.5. The zero-order chi connectivity index (χ0) is 21.2. The maximum absolute atomic E-state index is 8.86. The molecule has 1 aliphatic rings. The zero-order valence-electron chi connectivity index (χ0n) is 16.5. The number of fused-ring (bicyclic) bond motifs is 1. The van der Waals surface area contributed by atoms with E-state index in [1.54, 1.807) is 12.4 Å². The van der Waals surface area contributed by atoms with E-state index in [0.29, 0.717) is 17.4 Å². The first kappa shape index (κ1) is 18.9. The molecule has 0 radical (unpaired) electrons. The fourth-order valence-corrected chi connectivity index (χ4v) is 3.71. The molecule has 4 aromatic heterocycles. The van der Waals surface area contributed by atoms with Crippen molar-refractivity contribution in [1.29, 1.82) is 5.26 Å². The first-order valence-corrected chi connectivity index (χ1v) is 9.90. The van der Waals surface area contributed by atoms with Crippen molar-refractivity contribution in [2.75, 3.05) is 5.32 Å². The van der Waals surface area contributed by atoms with Crippen LogP contribution in [0.25, 0.3) is 22.3 Å². The van der Waals surface area contributed by atoms with Crippen LogP contribution in [0.2, 0.25) is 0 Å². The number of aromatic nitrogens is 6. The van der Waals surface area contributed by atoms with Crippen LogP contribution in [-0.2, 0) is 0 Å². The van der Waals surface area contributed by atoms with Crippen molar-refractivity contribution >= 4 is 22.7 Å². The van der Waals surface area contributed by atoms with E-state index < -0.39 is 0 Å². The van der Waals surface area contributed by atoms with Gasteiger partial charge in [-0.05, 0) is 31.4 Å². The van der Waals surface area contributed by atoms with E-state index in [0.717, 1.165) is 41.6 Å². The predicted molar refractivity (Wildman–Crippen MR) is 113 cm³/mol. The van der Waals surface area contributed by atoms with Gasteiger partial charge in [-0.2, -0.15) is 10.4 Å². The monoisotopic (exact) mass is 413 g/mol. The molecule has 4 aromatic rings. The van der Waals surface area contributed by atoms with Gasteiger partial charge in [0.2, 0.25) is 0 Å². The van der Waals surface area contributed by atoms with Crippen LogP contribution in [0.4, 0.5) is 11.6 Å². The van der Waals surface area contributed by atoms with Crippen molar-refractivity contribution in [2.45, 2.75) is 31.4 Å². The molecule has 0 aromatic carbocycles. The second kappa shape index (κ2) is 7.97. The van der Waals surface area contributed by atoms with E-state index in [9.17, 15) is 0 Å². The highest BCUT2D eigenvalue weighted by molar-refractivity contribution is 5.93. The number of hydrogen-bond donors (Lipinski definition) is 3. The molecule has 0 saturated heterocycles. The summed E-state index contributed by atoms with van der Waals surface area (Å²) in [6.07, 6.45) is 9.05. The second-order valence-electron chi connectivity index (χ2n) is 7.37. The van der Waals surface area contributed by atoms with Crippen LogP contribution in [0.5, 0.6) is 5.75 Å². The van der Waals surface area contributed by atoms with Crippen molar-refractivity contribution in [1.82, 2.24) is 30.1 Å². The summed E-state index contributed by atoms with van der Waals surface area (Å²) < 4.78 is 6.29. The van der Waals surface area contributed by atoms with Crippen LogP contribution < -0.4 is 15.8 Å². The lowest BCUT2D eigenvalue weighted by molar-refractivity contribution is 0.208. The Hall–Kier alpha value is -4.10. The van der Waals surface area contributed by atoms with Crippen molar-refractivity contribution in [3.8, 4) is 23.1 Å². The summed E-state index contributed by atoms with van der Waals surface area (Å²) in [7, 11) is 0. The Balaban J connectivity index is 1.49. The van der Waals surface area contributed by atoms with Crippen molar-refractivity contribution in [2.24, 2.45) is 5.73 Å². The molecular weight excluding hydrogens is 394 g/mol. The highest BCUT2D eigenvalue weighted by Crippen LogP contribution is 2.37. The number of hydrogen-bond acceptors (Lipinski definition) is 9. The molecule has 4 N–H and O–H groups in total. The molecule has 2 atom stereocenters. The summed E-state index contributed by atoms with van der Waals surface area (Å²) in [6.45, 7) is 0. The third kappa shape index (κ3) is 3.86. The van der Waals surface area contributed by atoms with Gasteiger partial charge in [0.15, 0.2) is 11.5 Å². The maximum Gasteiger partial charge on any atom is 0.158 e. The molecule has 0 unspecified atom stereocenters. The van der Waals surface area contributed by atoms with Crippen LogP contribution in [-0.4, -0.2) is 42.3 Å². The van der Waals surface area contributed by atoms with Gasteiger partial charge in [0.05, 0.1) is 35.4 Å². The molecule has 31 heavy (non-hydrogen) atoms. The second-order valence-corrected chi connectivity index (χ2v) is 7.37. The molecule has 1 saturated carbocycles. The van der Waals surface area contributed by atoms with E-state index >= 15 is 0 Å². The molecule has 4 heterocycles. The van der Waals surface area contributed by atoms with Crippen LogP contribution >= 0.6 is 0 Å². The molecule has 5 rings (SSSR count). The average Bonchev–Trinajstić information content (AvgIpc) is 3.43. The average molecular weight is 413 g/mol. The molecule has 0 amide bonds. The Morgan fingerprint density at radius 1 is 1.13 bits per heavy atom. The van der Waals surface area contributed by atoms with Crippen LogP contribution in [0, 0.1) is 11.3 Å². The molecular formula is C21H19N9O. The van der Waals surface area contributed by atoms with Gasteiger partial charge in [-0.3, -0.25) is 15.1 Å². The van der Waals surface area contributed by atoms with Gasteiger partial charge < -0.3 is 15.8 Å². The van der Waals surface area contributed by atoms with Crippen LogP contribution in [0.1, 0.15) is 25.0 Å². The Bertz CT molecular complexity index is 1260. The van der Waals surface area contributed by atoms with Gasteiger partial charge in [-0.15, -0.1) is 0 Å². The number of H-pyrrole nitrogens is 1. The van der Waals surface area contributed by atoms with Crippen LogP contribution in [0.15, 0.2) is 43.0 Å². The summed E-state index contributed by atoms with van der Waals surface area (Å²) in [5.41, 5.74) is 9.29. The summed E-state index contributed by atoms with van der Waals surface area (Å²) >= 11 is 0. The van der Waals surface area contributed by atoms with E-state index in [1.165, 1.54) is 12.4 Å². The number of nitriles is 1. The van der Waals surface area contributed by atoms with Crippen molar-refractivity contribution < 1.29 is 4.74 Å². The molecule has 0 bridgehead atoms. The lowest BCUT2D eigenvalue weighted by Crippen LogP contribution is -2.19. The summed E-state index contributed by atoms with van der Waals surface area (Å²) in [5, 5.41) is 19.3. The third-order valence-corrected chi connectivity index (χ3v) is 5.18. The molecule has 1 aliphatic carbocycles. The topological polar surface area (TPSA) is 151 Å². The van der Waals surface area contributed by atoms with Gasteiger partial charge >= 0.3 is 0 Å². The number of rotatable bonds is 5. The fraction of sp³-hybridized carbons (Fsp3) is 0.238. The van der Waals surface area contributed by atoms with Gasteiger partial charge in [0, 0.05) is 18.3 Å². The number of nitrogens with zero attached hydrogens (tertiary/aromatic N) is 6. The molecule has 0 aliphatic heterocycles. The van der Waals surface area contributed by atoms with Gasteiger partial charge in [0.25, 0.3) is 0 Å². The predicted octanol–water partition coefficient (Wildman–Crippen LogP) is 2.68. The molecule has 1 fully saturated rings. The molecule has 0 spiro atoms. The molecule has 10 nitrogen and oxygen atoms in total. The van der Waals surface area contributed by atoms with Crippen molar-refractivity contribution in [3.05, 3.63) is 48.7 Å². The van der Waals surface area contributed by atoms with E-state index in [-0.39, 0.29) is 17.8 Å². The number of pyridine rings is 2. The van der Waals surface area contributed by atoms with Gasteiger partial charge in [0.1, 0.15) is 29.3 Å².